The van der Waals surface area contributed by atoms with Crippen molar-refractivity contribution >= 4 is 141 Å². The van der Waals surface area contributed by atoms with E-state index in [-0.39, 0.29) is 5.41 Å². The third-order valence-corrected chi connectivity index (χ3v) is 30.2. The van der Waals surface area contributed by atoms with Gasteiger partial charge in [-0.05, 0) is 231 Å². The third kappa shape index (κ3) is 15.3. The highest BCUT2D eigenvalue weighted by Crippen LogP contribution is 2.53. The Bertz CT molecular complexity index is 10300. The van der Waals surface area contributed by atoms with Crippen LogP contribution in [0.5, 0.6) is 0 Å². The molecule has 5 aromatic heterocycles. The Morgan fingerprint density at radius 3 is 0.765 bits per heavy atom. The first-order valence-corrected chi connectivity index (χ1v) is 50.8. The minimum atomic E-state index is -0.0774. The van der Waals surface area contributed by atoms with Crippen molar-refractivity contribution in [2.24, 2.45) is 0 Å². The van der Waals surface area contributed by atoms with Crippen molar-refractivity contribution in [2.75, 3.05) is 0 Å². The van der Waals surface area contributed by atoms with Gasteiger partial charge in [-0.1, -0.05) is 445 Å². The highest BCUT2D eigenvalue weighted by Gasteiger charge is 2.36. The molecule has 149 heavy (non-hydrogen) atoms. The molecule has 0 radical (unpaired) electrons. The average molecular weight is 1900 g/mol. The lowest BCUT2D eigenvalue weighted by molar-refractivity contribution is 0.660. The summed E-state index contributed by atoms with van der Waals surface area (Å²) >= 11 is 0. The molecule has 0 fully saturated rings. The second-order valence-electron chi connectivity index (χ2n) is 39.2. The maximum absolute atomic E-state index is 6.34. The normalized spacial score (nSPS) is 12.1. The first-order chi connectivity index (χ1) is 73.6. The fourth-order valence-electron chi connectivity index (χ4n) is 23.1. The van der Waals surface area contributed by atoms with Crippen molar-refractivity contribution in [3.8, 4) is 146 Å². The summed E-state index contributed by atoms with van der Waals surface area (Å²) < 4.78 is 12.5. The lowest BCUT2D eigenvalue weighted by Crippen LogP contribution is -2.14. The summed E-state index contributed by atoms with van der Waals surface area (Å²) in [5.74, 6) is 2.12. The molecule has 1 aliphatic rings. The Morgan fingerprint density at radius 2 is 0.383 bits per heavy atom. The number of benzene rings is 24. The van der Waals surface area contributed by atoms with Crippen LogP contribution in [-0.4, -0.2) is 29.9 Å². The van der Waals surface area contributed by atoms with Crippen molar-refractivity contribution in [1.82, 2.24) is 29.9 Å². The summed E-state index contributed by atoms with van der Waals surface area (Å²) in [6.07, 6.45) is 0. The van der Waals surface area contributed by atoms with Crippen molar-refractivity contribution in [1.29, 1.82) is 0 Å². The number of para-hydroxylation sites is 2. The monoisotopic (exact) mass is 1900 g/mol. The van der Waals surface area contributed by atoms with Crippen LogP contribution in [-0.2, 0) is 5.41 Å². The van der Waals surface area contributed by atoms with Crippen LogP contribution in [0.15, 0.2) is 518 Å². The van der Waals surface area contributed by atoms with E-state index < -0.39 is 0 Å². The van der Waals surface area contributed by atoms with Gasteiger partial charge >= 0.3 is 0 Å². The van der Waals surface area contributed by atoms with Crippen LogP contribution in [0.1, 0.15) is 25.0 Å². The van der Waals surface area contributed by atoms with Crippen LogP contribution < -0.4 is 0 Å². The predicted molar refractivity (Wildman–Crippen MR) is 621 cm³/mol. The van der Waals surface area contributed by atoms with Gasteiger partial charge in [-0.2, -0.15) is 0 Å². The maximum atomic E-state index is 6.34. The Hall–Kier alpha value is -19.5. The summed E-state index contributed by atoms with van der Waals surface area (Å²) in [4.78, 5) is 31.0. The zero-order chi connectivity index (χ0) is 98.7. The molecule has 0 bridgehead atoms. The standard InChI is InChI=1S/C49H34N2.2C46H28N2O/c1-49(2)43-23-12-11-20-39(43)40-27-24-33(29-44(40)49)35-21-13-22-41-37-19-10-9-18-36(37)38-26-25-34(28-42(38)47(35)41)48-50-45(31-14-5-3-6-15-31)30-46(51-48)32-16-7-4-8-17-32;1-3-12-29(13-4-1)41-28-42(30-14-5-2-6-15-30)48-46(47-41)32-23-24-36-34-16-7-8-17-35(34)39-20-11-19-33(45(39)40(36)26-32)31-22-25-38-37-18-9-10-21-43(37)49-44(38)27-31;1-3-12-29(13-4-1)41-28-42(30-14-5-2-6-15-30)48-46(47-41)32-22-24-36-34-16-7-8-17-35(34)38-20-11-19-33(45(38)40(36)27-32)31-23-25-44-39(26-31)37-18-9-10-21-43(37)49-44/h3-30H,1-2H3;2*1-28H. The van der Waals surface area contributed by atoms with E-state index in [0.717, 1.165) is 145 Å². The number of nitrogens with zero attached hydrogens (tertiary/aromatic N) is 6. The molecule has 0 unspecified atom stereocenters. The van der Waals surface area contributed by atoms with Crippen molar-refractivity contribution in [2.45, 2.75) is 19.3 Å². The minimum Gasteiger partial charge on any atom is -0.456 e. The first-order valence-electron chi connectivity index (χ1n) is 50.8. The van der Waals surface area contributed by atoms with Gasteiger partial charge in [0.15, 0.2) is 17.5 Å². The molecule has 0 amide bonds. The molecule has 0 spiro atoms. The zero-order valence-electron chi connectivity index (χ0n) is 81.5. The van der Waals surface area contributed by atoms with E-state index >= 15 is 0 Å². The Morgan fingerprint density at radius 1 is 0.141 bits per heavy atom. The largest absolute Gasteiger partial charge is 0.456 e. The van der Waals surface area contributed by atoms with Crippen LogP contribution in [0, 0.1) is 0 Å². The van der Waals surface area contributed by atoms with Gasteiger partial charge in [0, 0.05) is 77.0 Å². The van der Waals surface area contributed by atoms with Crippen LogP contribution >= 0.6 is 0 Å². The molecule has 5 heterocycles. The Balaban J connectivity index is 0.000000108. The molecule has 0 atom stereocenters. The second kappa shape index (κ2) is 36.1. The maximum Gasteiger partial charge on any atom is 0.160 e. The van der Waals surface area contributed by atoms with Crippen LogP contribution in [0.4, 0.5) is 0 Å². The number of hydrogen-bond donors (Lipinski definition) is 0. The van der Waals surface area contributed by atoms with Gasteiger partial charge in [-0.25, -0.2) is 29.9 Å². The molecule has 30 rings (SSSR count). The fraction of sp³-hybridized carbons (Fsp3) is 0.0213. The molecule has 0 aliphatic heterocycles. The highest BCUT2D eigenvalue weighted by molar-refractivity contribution is 6.32. The smallest absolute Gasteiger partial charge is 0.160 e. The Kier molecular flexibility index (Phi) is 21.1. The summed E-state index contributed by atoms with van der Waals surface area (Å²) in [6.45, 7) is 4.71. The molecule has 24 aromatic carbocycles. The number of fused-ring (bicyclic) bond motifs is 27. The quantitative estimate of drug-likeness (QED) is 0.111. The molecule has 1 aliphatic carbocycles. The van der Waals surface area contributed by atoms with Crippen molar-refractivity contribution < 1.29 is 8.83 Å². The van der Waals surface area contributed by atoms with E-state index in [4.69, 9.17) is 38.7 Å². The van der Waals surface area contributed by atoms with E-state index in [9.17, 15) is 0 Å². The second-order valence-corrected chi connectivity index (χ2v) is 39.2. The minimum absolute atomic E-state index is 0.0774. The summed E-state index contributed by atoms with van der Waals surface area (Å²) in [5.41, 5.74) is 30.8. The lowest BCUT2D eigenvalue weighted by atomic mass is 9.81. The molecule has 8 nitrogen and oxygen atoms in total. The first kappa shape index (κ1) is 87.3. The van der Waals surface area contributed by atoms with Gasteiger partial charge in [0.2, 0.25) is 0 Å². The third-order valence-electron chi connectivity index (χ3n) is 30.2. The summed E-state index contributed by atoms with van der Waals surface area (Å²) in [7, 11) is 0. The van der Waals surface area contributed by atoms with Crippen LogP contribution in [0.3, 0.4) is 0 Å². The Labute approximate surface area is 859 Å². The number of furan rings is 2. The van der Waals surface area contributed by atoms with Gasteiger partial charge in [0.1, 0.15) is 22.3 Å². The predicted octanol–water partition coefficient (Wildman–Crippen LogP) is 37.9. The van der Waals surface area contributed by atoms with E-state index in [1.54, 1.807) is 0 Å². The molecule has 8 heteroatoms. The van der Waals surface area contributed by atoms with Gasteiger partial charge in [0.25, 0.3) is 0 Å². The highest BCUT2D eigenvalue weighted by atomic mass is 16.3. The SMILES string of the molecule is CC1(C)c2ccccc2-c2ccc(-c3cccc4c5ccccc5c5ccc(-c6nc(-c7ccccc7)cc(-c7ccccc7)n6)cc5c34)cc21.c1ccc(-c2cc(-c3ccccc3)nc(-c3ccc4c5ccccc5c5cccc(-c6ccc7c(c6)oc6ccccc67)c5c4c3)n2)cc1.c1ccc(-c2cc(-c3ccccc3)nc(-c3ccc4c5ccccc5c5cccc(-c6ccc7oc8ccccc8c7c6)c5c4c3)n2)cc1. The van der Waals surface area contributed by atoms with Gasteiger partial charge in [-0.3, -0.25) is 0 Å². The molecule has 0 saturated heterocycles. The number of hydrogen-bond acceptors (Lipinski definition) is 8. The van der Waals surface area contributed by atoms with E-state index in [0.29, 0.717) is 17.5 Å². The lowest BCUT2D eigenvalue weighted by Gasteiger charge is -2.22. The van der Waals surface area contributed by atoms with Crippen LogP contribution in [0.2, 0.25) is 0 Å². The molecular formula is C141H90N6O2. The number of aromatic nitrogens is 6. The molecule has 0 N–H and O–H groups in total. The van der Waals surface area contributed by atoms with Crippen molar-refractivity contribution in [3.63, 3.8) is 0 Å². The van der Waals surface area contributed by atoms with Crippen molar-refractivity contribution in [3.05, 3.63) is 521 Å². The number of rotatable bonds is 12. The summed E-state index contributed by atoms with van der Waals surface area (Å²) in [6, 6.07) is 181. The van der Waals surface area contributed by atoms with E-state index in [1.165, 1.54) is 136 Å². The zero-order valence-corrected chi connectivity index (χ0v) is 81.5. The average Bonchev–Trinajstić information content (AvgIpc) is 1.65. The van der Waals surface area contributed by atoms with E-state index in [1.807, 2.05) is 60.7 Å². The van der Waals surface area contributed by atoms with E-state index in [2.05, 4.69) is 463 Å². The van der Waals surface area contributed by atoms with Gasteiger partial charge in [-0.15, -0.1) is 0 Å². The molecule has 0 saturated carbocycles. The van der Waals surface area contributed by atoms with Gasteiger partial charge < -0.3 is 8.83 Å². The molecular weight excluding hydrogens is 1810 g/mol. The van der Waals surface area contributed by atoms with Gasteiger partial charge in [0.05, 0.1) is 34.2 Å². The van der Waals surface area contributed by atoms with Crippen LogP contribution in [0.25, 0.3) is 287 Å². The molecule has 696 valence electrons. The topological polar surface area (TPSA) is 104 Å². The molecule has 29 aromatic rings. The summed E-state index contributed by atoms with van der Waals surface area (Å²) in [5, 5.41) is 26.5. The fourth-order valence-corrected chi connectivity index (χ4v) is 23.1.